The van der Waals surface area contributed by atoms with Gasteiger partial charge in [0.2, 0.25) is 0 Å². The van der Waals surface area contributed by atoms with Gasteiger partial charge in [0.25, 0.3) is 10.1 Å². The van der Waals surface area contributed by atoms with Gasteiger partial charge in [-0.05, 0) is 7.05 Å². The molecule has 2 N–H and O–H groups in total. The minimum Gasteiger partial charge on any atom is -1.00 e. The summed E-state index contributed by atoms with van der Waals surface area (Å²) in [5.74, 6) is -0.219. The van der Waals surface area contributed by atoms with Crippen LogP contribution in [-0.2, 0) is 10.1 Å². The largest absolute Gasteiger partial charge is 2.00 e. The van der Waals surface area contributed by atoms with Gasteiger partial charge < -0.3 is 8.17 Å². The van der Waals surface area contributed by atoms with Gasteiger partial charge in [0, 0.05) is 6.54 Å². The van der Waals surface area contributed by atoms with Gasteiger partial charge in [-0.1, -0.05) is 0 Å². The van der Waals surface area contributed by atoms with Gasteiger partial charge in [0.05, 0.1) is 5.75 Å². The molecule has 0 aromatic carbocycles. The SMILES string of the molecule is CNCCS(=O)(=O)O.[Ca+2].[H-].[H-]. The number of rotatable bonds is 3. The minimum absolute atomic E-state index is 0. The Morgan fingerprint density at radius 1 is 1.67 bits per heavy atom. The Balaban J connectivity index is -0.0000000817. The van der Waals surface area contributed by atoms with E-state index in [0.29, 0.717) is 6.54 Å². The summed E-state index contributed by atoms with van der Waals surface area (Å²) in [6.45, 7) is 0.291. The third-order valence-electron chi connectivity index (χ3n) is 0.610. The summed E-state index contributed by atoms with van der Waals surface area (Å²) in [7, 11) is -2.13. The third-order valence-corrected chi connectivity index (χ3v) is 1.33. The summed E-state index contributed by atoms with van der Waals surface area (Å²) in [6, 6.07) is 0. The van der Waals surface area contributed by atoms with Crippen LogP contribution in [-0.4, -0.2) is 70.1 Å². The van der Waals surface area contributed by atoms with E-state index in [1.807, 2.05) is 0 Å². The molecule has 0 atom stereocenters. The van der Waals surface area contributed by atoms with Crippen LogP contribution in [0, 0.1) is 0 Å². The van der Waals surface area contributed by atoms with Gasteiger partial charge in [0.1, 0.15) is 0 Å². The molecule has 0 heterocycles. The van der Waals surface area contributed by atoms with E-state index in [2.05, 4.69) is 5.32 Å². The van der Waals surface area contributed by atoms with Crippen molar-refractivity contribution in [2.75, 3.05) is 19.3 Å². The second kappa shape index (κ2) is 5.88. The van der Waals surface area contributed by atoms with Gasteiger partial charge in [0.15, 0.2) is 0 Å². The standard InChI is InChI=1S/C3H9NO3S.Ca.2H/c1-4-2-3-8(5,6)7;;;/h4H,2-3H2,1H3,(H,5,6,7);;;/q;+2;2*-1. The van der Waals surface area contributed by atoms with Gasteiger partial charge in [-0.15, -0.1) is 0 Å². The van der Waals surface area contributed by atoms with E-state index in [1.54, 1.807) is 7.05 Å². The first kappa shape index (κ1) is 12.8. The summed E-state index contributed by atoms with van der Waals surface area (Å²) >= 11 is 0. The van der Waals surface area contributed by atoms with Crippen molar-refractivity contribution in [1.29, 1.82) is 0 Å². The predicted molar refractivity (Wildman–Crippen MR) is 38.3 cm³/mol. The molecule has 0 aliphatic rings. The van der Waals surface area contributed by atoms with Crippen molar-refractivity contribution in [3.8, 4) is 0 Å². The van der Waals surface area contributed by atoms with Gasteiger partial charge >= 0.3 is 37.7 Å². The zero-order valence-corrected chi connectivity index (χ0v) is 8.32. The third kappa shape index (κ3) is 12.4. The van der Waals surface area contributed by atoms with E-state index in [-0.39, 0.29) is 46.3 Å². The fraction of sp³-hybridized carbons (Fsp3) is 1.00. The second-order valence-corrected chi connectivity index (χ2v) is 2.96. The summed E-state index contributed by atoms with van der Waals surface area (Å²) in [5.41, 5.74) is 0. The van der Waals surface area contributed by atoms with Crippen LogP contribution < -0.4 is 5.32 Å². The molecule has 0 aliphatic carbocycles. The van der Waals surface area contributed by atoms with E-state index in [9.17, 15) is 8.42 Å². The Labute approximate surface area is 87.7 Å². The minimum atomic E-state index is -3.75. The van der Waals surface area contributed by atoms with E-state index in [4.69, 9.17) is 4.55 Å². The van der Waals surface area contributed by atoms with Crippen LogP contribution >= 0.6 is 0 Å². The van der Waals surface area contributed by atoms with Crippen molar-refractivity contribution in [3.63, 3.8) is 0 Å². The zero-order chi connectivity index (χ0) is 6.62. The van der Waals surface area contributed by atoms with Crippen LogP contribution in [0.3, 0.4) is 0 Å². The van der Waals surface area contributed by atoms with Crippen LogP contribution in [0.2, 0.25) is 0 Å². The fourth-order valence-electron chi connectivity index (χ4n) is 0.231. The molecule has 6 heteroatoms. The first-order valence-corrected chi connectivity index (χ1v) is 3.77. The van der Waals surface area contributed by atoms with Gasteiger partial charge in [-0.2, -0.15) is 8.42 Å². The maximum Gasteiger partial charge on any atom is 2.00 e. The van der Waals surface area contributed by atoms with Crippen LogP contribution in [0.1, 0.15) is 2.85 Å². The Hall–Kier alpha value is 1.13. The monoisotopic (exact) mass is 181 g/mol. The zero-order valence-electron chi connectivity index (χ0n) is 7.29. The summed E-state index contributed by atoms with van der Waals surface area (Å²) in [5, 5.41) is 2.59. The number of nitrogens with one attached hydrogen (secondary N) is 1. The Bertz CT molecular complexity index is 151. The van der Waals surface area contributed by atoms with E-state index < -0.39 is 10.1 Å². The van der Waals surface area contributed by atoms with Crippen LogP contribution in [0.5, 0.6) is 0 Å². The molecule has 0 saturated heterocycles. The van der Waals surface area contributed by atoms with Crippen LogP contribution in [0.15, 0.2) is 0 Å². The van der Waals surface area contributed by atoms with Crippen molar-refractivity contribution in [1.82, 2.24) is 5.32 Å². The molecule has 0 bridgehead atoms. The van der Waals surface area contributed by atoms with Crippen molar-refractivity contribution in [2.45, 2.75) is 0 Å². The maximum absolute atomic E-state index is 9.91. The van der Waals surface area contributed by atoms with Gasteiger partial charge in [-0.25, -0.2) is 0 Å². The van der Waals surface area contributed by atoms with Crippen molar-refractivity contribution >= 4 is 47.9 Å². The molecule has 0 fully saturated rings. The molecule has 0 spiro atoms. The van der Waals surface area contributed by atoms with E-state index >= 15 is 0 Å². The topological polar surface area (TPSA) is 66.4 Å². The average Bonchev–Trinajstić information content (AvgIpc) is 1.59. The van der Waals surface area contributed by atoms with Crippen molar-refractivity contribution in [3.05, 3.63) is 0 Å². The molecular formula is C3H11CaNO3S. The van der Waals surface area contributed by atoms with Crippen LogP contribution in [0.25, 0.3) is 0 Å². The molecule has 9 heavy (non-hydrogen) atoms. The molecular weight excluding hydrogens is 170 g/mol. The summed E-state index contributed by atoms with van der Waals surface area (Å²) in [4.78, 5) is 0. The Kier molecular flexibility index (Phi) is 8.35. The molecule has 0 rings (SSSR count). The maximum atomic E-state index is 9.91. The molecule has 0 aromatic heterocycles. The molecule has 0 unspecified atom stereocenters. The predicted octanol–water partition coefficient (Wildman–Crippen LogP) is -1.06. The average molecular weight is 181 g/mol. The van der Waals surface area contributed by atoms with E-state index in [1.165, 1.54) is 0 Å². The quantitative estimate of drug-likeness (QED) is 0.430. The smallest absolute Gasteiger partial charge is 1.00 e. The Morgan fingerprint density at radius 2 is 2.11 bits per heavy atom. The van der Waals surface area contributed by atoms with E-state index in [0.717, 1.165) is 0 Å². The molecule has 0 aromatic rings. The fourth-order valence-corrected chi connectivity index (χ4v) is 0.693. The van der Waals surface area contributed by atoms with Crippen LogP contribution in [0.4, 0.5) is 0 Å². The molecule has 0 amide bonds. The first-order chi connectivity index (χ1) is 3.56. The molecule has 54 valence electrons. The summed E-state index contributed by atoms with van der Waals surface area (Å²) in [6.07, 6.45) is 0. The molecule has 0 saturated carbocycles. The number of hydrogen-bond acceptors (Lipinski definition) is 3. The molecule has 4 nitrogen and oxygen atoms in total. The second-order valence-electron chi connectivity index (χ2n) is 1.39. The molecule has 0 radical (unpaired) electrons. The Morgan fingerprint density at radius 3 is 2.22 bits per heavy atom. The molecule has 0 aliphatic heterocycles. The van der Waals surface area contributed by atoms with Crippen molar-refractivity contribution in [2.24, 2.45) is 0 Å². The normalized spacial score (nSPS) is 10.4. The van der Waals surface area contributed by atoms with Gasteiger partial charge in [-0.3, -0.25) is 4.55 Å². The summed E-state index contributed by atoms with van der Waals surface area (Å²) < 4.78 is 27.9. The van der Waals surface area contributed by atoms with Crippen molar-refractivity contribution < 1.29 is 15.8 Å². The first-order valence-electron chi connectivity index (χ1n) is 2.16. The number of hydrogen-bond donors (Lipinski definition) is 2.